The second-order valence-corrected chi connectivity index (χ2v) is 4.19. The molecule has 2 aromatic rings. The van der Waals surface area contributed by atoms with Gasteiger partial charge in [-0.3, -0.25) is 0 Å². The Balaban J connectivity index is 1.83. The standard InChI is InChI=1S/C15H16NO3/c17-14(11-13-7-3-1-4-8-13)15(18)19-12-16-9-5-2-6-10-16/h1-10,14,17H,11-12H2/q+1/t14-/m1/s1. The lowest BCUT2D eigenvalue weighted by atomic mass is 10.1. The quantitative estimate of drug-likeness (QED) is 0.645. The highest BCUT2D eigenvalue weighted by atomic mass is 16.6. The van der Waals surface area contributed by atoms with Crippen LogP contribution in [0.5, 0.6) is 0 Å². The van der Waals surface area contributed by atoms with Gasteiger partial charge in [0.1, 0.15) is 0 Å². The van der Waals surface area contributed by atoms with Gasteiger partial charge in [0, 0.05) is 18.6 Å². The van der Waals surface area contributed by atoms with E-state index in [2.05, 4.69) is 0 Å². The number of rotatable bonds is 5. The number of pyridine rings is 1. The molecule has 19 heavy (non-hydrogen) atoms. The second kappa shape index (κ2) is 6.66. The van der Waals surface area contributed by atoms with Crippen LogP contribution in [0.1, 0.15) is 5.56 Å². The van der Waals surface area contributed by atoms with E-state index in [0.717, 1.165) is 5.56 Å². The number of carbonyl (C=O) groups excluding carboxylic acids is 1. The summed E-state index contributed by atoms with van der Waals surface area (Å²) in [4.78, 5) is 11.6. The molecule has 1 aromatic carbocycles. The van der Waals surface area contributed by atoms with Gasteiger partial charge >= 0.3 is 5.97 Å². The fourth-order valence-electron chi connectivity index (χ4n) is 1.68. The van der Waals surface area contributed by atoms with Gasteiger partial charge in [-0.2, -0.15) is 4.57 Å². The Morgan fingerprint density at radius 1 is 1.11 bits per heavy atom. The summed E-state index contributed by atoms with van der Waals surface area (Å²) in [5.41, 5.74) is 0.902. The Labute approximate surface area is 111 Å². The number of aliphatic hydroxyl groups excluding tert-OH is 1. The van der Waals surface area contributed by atoms with Gasteiger partial charge in [-0.25, -0.2) is 4.79 Å². The van der Waals surface area contributed by atoms with Crippen LogP contribution < -0.4 is 4.57 Å². The van der Waals surface area contributed by atoms with Crippen LogP contribution in [0.2, 0.25) is 0 Å². The molecule has 1 heterocycles. The van der Waals surface area contributed by atoms with Crippen LogP contribution in [0.15, 0.2) is 60.9 Å². The van der Waals surface area contributed by atoms with E-state index in [1.165, 1.54) is 0 Å². The summed E-state index contributed by atoms with van der Waals surface area (Å²) in [6.07, 6.45) is 2.71. The van der Waals surface area contributed by atoms with E-state index in [-0.39, 0.29) is 13.2 Å². The zero-order valence-corrected chi connectivity index (χ0v) is 10.5. The van der Waals surface area contributed by atoms with E-state index >= 15 is 0 Å². The Hall–Kier alpha value is -2.20. The minimum absolute atomic E-state index is 0.103. The first-order valence-corrected chi connectivity index (χ1v) is 6.08. The van der Waals surface area contributed by atoms with Gasteiger partial charge in [-0.1, -0.05) is 36.4 Å². The first kappa shape index (κ1) is 13.2. The number of aliphatic hydroxyl groups is 1. The average molecular weight is 258 g/mol. The van der Waals surface area contributed by atoms with Crippen molar-refractivity contribution < 1.29 is 19.2 Å². The summed E-state index contributed by atoms with van der Waals surface area (Å²) < 4.78 is 6.75. The lowest BCUT2D eigenvalue weighted by Crippen LogP contribution is -2.37. The largest absolute Gasteiger partial charge is 0.403 e. The molecule has 0 saturated carbocycles. The Morgan fingerprint density at radius 3 is 2.42 bits per heavy atom. The van der Waals surface area contributed by atoms with Gasteiger partial charge in [-0.15, -0.1) is 0 Å². The van der Waals surface area contributed by atoms with Crippen molar-refractivity contribution in [2.75, 3.05) is 0 Å². The van der Waals surface area contributed by atoms with Gasteiger partial charge in [0.15, 0.2) is 18.5 Å². The monoisotopic (exact) mass is 258 g/mol. The highest BCUT2D eigenvalue weighted by molar-refractivity contribution is 5.74. The van der Waals surface area contributed by atoms with Crippen molar-refractivity contribution in [2.45, 2.75) is 19.3 Å². The van der Waals surface area contributed by atoms with E-state index < -0.39 is 12.1 Å². The molecule has 2 rings (SSSR count). The van der Waals surface area contributed by atoms with Gasteiger partial charge in [0.05, 0.1) is 0 Å². The molecule has 0 saturated heterocycles. The van der Waals surface area contributed by atoms with E-state index in [1.807, 2.05) is 48.5 Å². The minimum Gasteiger partial charge on any atom is -0.403 e. The molecule has 1 N–H and O–H groups in total. The highest BCUT2D eigenvalue weighted by Crippen LogP contribution is 2.04. The maximum absolute atomic E-state index is 11.6. The van der Waals surface area contributed by atoms with Crippen LogP contribution in [0.3, 0.4) is 0 Å². The number of aromatic nitrogens is 1. The van der Waals surface area contributed by atoms with Crippen LogP contribution in [0.4, 0.5) is 0 Å². The normalized spacial score (nSPS) is 11.8. The molecular formula is C15H16NO3+. The molecule has 1 atom stereocenters. The molecule has 0 radical (unpaired) electrons. The predicted molar refractivity (Wildman–Crippen MR) is 68.9 cm³/mol. The number of esters is 1. The van der Waals surface area contributed by atoms with E-state index in [1.54, 1.807) is 17.0 Å². The first-order valence-electron chi connectivity index (χ1n) is 6.08. The Bertz CT molecular complexity index is 513. The number of ether oxygens (including phenoxy) is 1. The van der Waals surface area contributed by atoms with Crippen molar-refractivity contribution in [3.63, 3.8) is 0 Å². The van der Waals surface area contributed by atoms with Crippen molar-refractivity contribution in [1.82, 2.24) is 0 Å². The molecule has 0 unspecified atom stereocenters. The number of hydrogen-bond acceptors (Lipinski definition) is 3. The molecule has 0 aliphatic rings. The number of carbonyl (C=O) groups is 1. The first-order chi connectivity index (χ1) is 9.25. The Kier molecular flexibility index (Phi) is 4.64. The van der Waals surface area contributed by atoms with E-state index in [9.17, 15) is 9.90 Å². The lowest BCUT2D eigenvalue weighted by Gasteiger charge is -2.08. The summed E-state index contributed by atoms with van der Waals surface area (Å²) in [7, 11) is 0. The van der Waals surface area contributed by atoms with Crippen LogP contribution in [-0.2, 0) is 22.7 Å². The molecule has 1 aromatic heterocycles. The molecule has 0 aliphatic heterocycles. The fraction of sp³-hybridized carbons (Fsp3) is 0.200. The van der Waals surface area contributed by atoms with Gasteiger partial charge in [0.2, 0.25) is 0 Å². The number of hydrogen-bond donors (Lipinski definition) is 1. The third-order valence-corrected chi connectivity index (χ3v) is 2.68. The third-order valence-electron chi connectivity index (χ3n) is 2.68. The molecule has 4 heteroatoms. The molecule has 0 fully saturated rings. The topological polar surface area (TPSA) is 50.4 Å². The lowest BCUT2D eigenvalue weighted by molar-refractivity contribution is -0.727. The Morgan fingerprint density at radius 2 is 1.74 bits per heavy atom. The molecule has 0 aliphatic carbocycles. The zero-order chi connectivity index (χ0) is 13.5. The van der Waals surface area contributed by atoms with Crippen LogP contribution in [0, 0.1) is 0 Å². The minimum atomic E-state index is -1.13. The smallest absolute Gasteiger partial charge is 0.340 e. The average Bonchev–Trinajstić information content (AvgIpc) is 2.47. The van der Waals surface area contributed by atoms with Crippen molar-refractivity contribution in [3.05, 3.63) is 66.5 Å². The summed E-state index contributed by atoms with van der Waals surface area (Å²) in [6, 6.07) is 14.9. The molecule has 0 amide bonds. The third kappa shape index (κ3) is 4.19. The molecule has 0 spiro atoms. The van der Waals surface area contributed by atoms with Gasteiger partial charge in [-0.05, 0) is 5.56 Å². The van der Waals surface area contributed by atoms with Gasteiger partial charge in [0.25, 0.3) is 6.73 Å². The van der Waals surface area contributed by atoms with E-state index in [4.69, 9.17) is 4.74 Å². The summed E-state index contributed by atoms with van der Waals surface area (Å²) in [5, 5.41) is 9.77. The van der Waals surface area contributed by atoms with Crippen molar-refractivity contribution >= 4 is 5.97 Å². The fourth-order valence-corrected chi connectivity index (χ4v) is 1.68. The highest BCUT2D eigenvalue weighted by Gasteiger charge is 2.18. The van der Waals surface area contributed by atoms with E-state index in [0.29, 0.717) is 0 Å². The SMILES string of the molecule is O=C(OC[n+]1ccccc1)[C@H](O)Cc1ccccc1. The van der Waals surface area contributed by atoms with Crippen LogP contribution in [-0.4, -0.2) is 17.2 Å². The van der Waals surface area contributed by atoms with Crippen LogP contribution >= 0.6 is 0 Å². The number of benzene rings is 1. The van der Waals surface area contributed by atoms with Crippen molar-refractivity contribution in [2.24, 2.45) is 0 Å². The maximum atomic E-state index is 11.6. The van der Waals surface area contributed by atoms with Crippen LogP contribution in [0.25, 0.3) is 0 Å². The molecule has 98 valence electrons. The summed E-state index contributed by atoms with van der Waals surface area (Å²) in [6.45, 7) is 0.103. The summed E-state index contributed by atoms with van der Waals surface area (Å²) >= 11 is 0. The van der Waals surface area contributed by atoms with Crippen molar-refractivity contribution in [1.29, 1.82) is 0 Å². The van der Waals surface area contributed by atoms with Gasteiger partial charge < -0.3 is 9.84 Å². The zero-order valence-electron chi connectivity index (χ0n) is 10.5. The maximum Gasteiger partial charge on any atom is 0.340 e. The second-order valence-electron chi connectivity index (χ2n) is 4.19. The summed E-state index contributed by atoms with van der Waals surface area (Å²) in [5.74, 6) is -0.611. The number of nitrogens with zero attached hydrogens (tertiary/aromatic N) is 1. The predicted octanol–water partition coefficient (Wildman–Crippen LogP) is 1.08. The molecule has 0 bridgehead atoms. The molecule has 4 nitrogen and oxygen atoms in total. The molecular weight excluding hydrogens is 242 g/mol. The van der Waals surface area contributed by atoms with Crippen molar-refractivity contribution in [3.8, 4) is 0 Å².